The largest absolute Gasteiger partial charge is 0.310 e. The van der Waals surface area contributed by atoms with Gasteiger partial charge < -0.3 is 4.90 Å². The van der Waals surface area contributed by atoms with Crippen LogP contribution in [-0.2, 0) is 6.42 Å². The van der Waals surface area contributed by atoms with E-state index in [-0.39, 0.29) is 5.91 Å². The molecule has 0 saturated carbocycles. The fourth-order valence-corrected chi connectivity index (χ4v) is 4.27. The molecule has 26 heavy (non-hydrogen) atoms. The molecule has 3 nitrogen and oxygen atoms in total. The van der Waals surface area contributed by atoms with Crippen LogP contribution in [-0.4, -0.2) is 17.9 Å². The molecule has 4 aromatic rings. The molecule has 0 fully saturated rings. The van der Waals surface area contributed by atoms with E-state index in [9.17, 15) is 4.79 Å². The van der Waals surface area contributed by atoms with Gasteiger partial charge in [-0.1, -0.05) is 36.8 Å². The Balaban J connectivity index is 1.75. The van der Waals surface area contributed by atoms with Gasteiger partial charge in [0.1, 0.15) is 4.83 Å². The molecule has 2 aromatic heterocycles. The number of aromatic nitrogens is 1. The summed E-state index contributed by atoms with van der Waals surface area (Å²) in [6.07, 6.45) is 0.895. The van der Waals surface area contributed by atoms with Crippen molar-refractivity contribution in [2.45, 2.75) is 20.3 Å². The number of carbonyl (C=O) groups is 1. The van der Waals surface area contributed by atoms with E-state index in [0.717, 1.165) is 33.2 Å². The number of rotatable bonds is 3. The van der Waals surface area contributed by atoms with Gasteiger partial charge in [0.15, 0.2) is 0 Å². The molecule has 4 heteroatoms. The maximum absolute atomic E-state index is 13.0. The number of aryl methyl sites for hydroxylation is 2. The van der Waals surface area contributed by atoms with Gasteiger partial charge in [-0.05, 0) is 49.2 Å². The van der Waals surface area contributed by atoms with Crippen molar-refractivity contribution < 1.29 is 4.79 Å². The summed E-state index contributed by atoms with van der Waals surface area (Å²) in [5, 5.41) is 2.13. The molecular weight excluding hydrogens is 340 g/mol. The molecule has 0 bridgehead atoms. The van der Waals surface area contributed by atoms with Crippen LogP contribution in [0.2, 0.25) is 0 Å². The second kappa shape index (κ2) is 6.54. The fourth-order valence-electron chi connectivity index (χ4n) is 3.27. The molecule has 0 atom stereocenters. The van der Waals surface area contributed by atoms with E-state index < -0.39 is 0 Å². The van der Waals surface area contributed by atoms with Gasteiger partial charge in [-0.2, -0.15) is 0 Å². The molecule has 0 N–H and O–H groups in total. The molecule has 4 rings (SSSR count). The highest BCUT2D eigenvalue weighted by atomic mass is 32.1. The van der Waals surface area contributed by atoms with Gasteiger partial charge in [0, 0.05) is 23.5 Å². The third-order valence-electron chi connectivity index (χ3n) is 4.71. The van der Waals surface area contributed by atoms with Crippen molar-refractivity contribution in [3.8, 4) is 0 Å². The van der Waals surface area contributed by atoms with Crippen LogP contribution in [0.3, 0.4) is 0 Å². The van der Waals surface area contributed by atoms with Crippen LogP contribution < -0.4 is 4.90 Å². The first-order valence-electron chi connectivity index (χ1n) is 8.73. The van der Waals surface area contributed by atoms with Gasteiger partial charge in [-0.25, -0.2) is 4.98 Å². The van der Waals surface area contributed by atoms with Crippen LogP contribution >= 0.6 is 11.3 Å². The number of carbonyl (C=O) groups excluding carboxylic acids is 1. The molecule has 0 unspecified atom stereocenters. The first kappa shape index (κ1) is 16.7. The monoisotopic (exact) mass is 360 g/mol. The Kier molecular flexibility index (Phi) is 4.21. The molecule has 2 aromatic carbocycles. The van der Waals surface area contributed by atoms with Crippen LogP contribution in [0.4, 0.5) is 5.69 Å². The molecule has 0 radical (unpaired) electrons. The zero-order chi connectivity index (χ0) is 18.3. The third kappa shape index (κ3) is 2.86. The summed E-state index contributed by atoms with van der Waals surface area (Å²) in [5.74, 6) is 0.00846. The minimum atomic E-state index is 0.00846. The lowest BCUT2D eigenvalue weighted by molar-refractivity contribution is 0.0996. The highest BCUT2D eigenvalue weighted by Gasteiger charge is 2.18. The van der Waals surface area contributed by atoms with Crippen molar-refractivity contribution >= 4 is 44.1 Å². The van der Waals surface area contributed by atoms with Gasteiger partial charge in [-0.3, -0.25) is 4.79 Å². The van der Waals surface area contributed by atoms with Crippen LogP contribution in [0.25, 0.3) is 21.1 Å². The summed E-state index contributed by atoms with van der Waals surface area (Å²) in [5.41, 5.74) is 4.31. The molecular formula is C22H20N2OS. The summed E-state index contributed by atoms with van der Waals surface area (Å²) in [6.45, 7) is 4.18. The number of pyridine rings is 1. The molecule has 1 amide bonds. The van der Waals surface area contributed by atoms with Crippen molar-refractivity contribution in [1.29, 1.82) is 0 Å². The maximum atomic E-state index is 13.0. The second-order valence-corrected chi connectivity index (χ2v) is 7.57. The lowest BCUT2D eigenvalue weighted by Crippen LogP contribution is -2.26. The number of hydrogen-bond acceptors (Lipinski definition) is 3. The maximum Gasteiger partial charge on any atom is 0.268 e. The summed E-state index contributed by atoms with van der Waals surface area (Å²) in [6, 6.07) is 18.4. The minimum Gasteiger partial charge on any atom is -0.310 e. The smallest absolute Gasteiger partial charge is 0.268 e. The average Bonchev–Trinajstić information content (AvgIpc) is 3.07. The number of hydrogen-bond donors (Lipinski definition) is 0. The van der Waals surface area contributed by atoms with Gasteiger partial charge in [0.25, 0.3) is 5.91 Å². The van der Waals surface area contributed by atoms with Crippen molar-refractivity contribution in [2.24, 2.45) is 0 Å². The number of nitrogens with zero attached hydrogens (tertiary/aromatic N) is 2. The summed E-state index contributed by atoms with van der Waals surface area (Å²) >= 11 is 1.46. The van der Waals surface area contributed by atoms with Gasteiger partial charge in [0.2, 0.25) is 0 Å². The number of fused-ring (bicyclic) bond motifs is 2. The second-order valence-electron chi connectivity index (χ2n) is 6.54. The van der Waals surface area contributed by atoms with E-state index in [0.29, 0.717) is 4.88 Å². The Bertz CT molecular complexity index is 1130. The van der Waals surface area contributed by atoms with Crippen LogP contribution in [0.1, 0.15) is 27.7 Å². The Hall–Kier alpha value is -2.72. The number of amides is 1. The number of thiophene rings is 1. The van der Waals surface area contributed by atoms with Crippen molar-refractivity contribution in [3.05, 3.63) is 70.6 Å². The molecule has 0 aliphatic rings. The molecule has 0 aliphatic carbocycles. The molecule has 2 heterocycles. The lowest BCUT2D eigenvalue weighted by Gasteiger charge is -2.19. The zero-order valence-corrected chi connectivity index (χ0v) is 15.9. The quantitative estimate of drug-likeness (QED) is 0.477. The first-order valence-corrected chi connectivity index (χ1v) is 9.55. The van der Waals surface area contributed by atoms with Crippen LogP contribution in [0.15, 0.2) is 54.6 Å². The fraction of sp³-hybridized carbons (Fsp3) is 0.182. The zero-order valence-electron chi connectivity index (χ0n) is 15.1. The van der Waals surface area contributed by atoms with Gasteiger partial charge in [0.05, 0.1) is 10.4 Å². The molecule has 0 spiro atoms. The Morgan fingerprint density at radius 1 is 1.08 bits per heavy atom. The van der Waals surface area contributed by atoms with E-state index in [2.05, 4.69) is 38.1 Å². The molecule has 0 aliphatic heterocycles. The highest BCUT2D eigenvalue weighted by Crippen LogP contribution is 2.30. The normalized spacial score (nSPS) is 11.2. The highest BCUT2D eigenvalue weighted by molar-refractivity contribution is 7.20. The van der Waals surface area contributed by atoms with E-state index in [1.165, 1.54) is 22.5 Å². The van der Waals surface area contributed by atoms with E-state index in [1.54, 1.807) is 4.90 Å². The van der Waals surface area contributed by atoms with E-state index in [4.69, 9.17) is 4.98 Å². The van der Waals surface area contributed by atoms with Crippen molar-refractivity contribution in [1.82, 2.24) is 4.98 Å². The number of para-hydroxylation sites is 1. The number of benzene rings is 2. The Morgan fingerprint density at radius 2 is 1.88 bits per heavy atom. The predicted octanol–water partition coefficient (Wildman–Crippen LogP) is 5.60. The van der Waals surface area contributed by atoms with Crippen LogP contribution in [0.5, 0.6) is 0 Å². The van der Waals surface area contributed by atoms with Crippen LogP contribution in [0, 0.1) is 6.92 Å². The Labute approximate surface area is 156 Å². The summed E-state index contributed by atoms with van der Waals surface area (Å²) in [7, 11) is 1.84. The topological polar surface area (TPSA) is 33.2 Å². The minimum absolute atomic E-state index is 0.00846. The standard InChI is InChI=1S/C22H20N2OS/c1-4-15-7-5-6-8-19(15)24(3)22(25)20-13-17-12-16-11-14(2)9-10-18(16)23-21(17)26-20/h5-13H,4H2,1-3H3. The van der Waals surface area contributed by atoms with E-state index in [1.807, 2.05) is 37.4 Å². The third-order valence-corrected chi connectivity index (χ3v) is 5.74. The first-order chi connectivity index (χ1) is 12.6. The van der Waals surface area contributed by atoms with Gasteiger partial charge >= 0.3 is 0 Å². The van der Waals surface area contributed by atoms with Crippen molar-refractivity contribution in [3.63, 3.8) is 0 Å². The van der Waals surface area contributed by atoms with Gasteiger partial charge in [-0.15, -0.1) is 11.3 Å². The Morgan fingerprint density at radius 3 is 2.69 bits per heavy atom. The average molecular weight is 360 g/mol. The number of anilines is 1. The lowest BCUT2D eigenvalue weighted by atomic mass is 10.1. The molecule has 130 valence electrons. The molecule has 0 saturated heterocycles. The summed E-state index contributed by atoms with van der Waals surface area (Å²) < 4.78 is 0. The van der Waals surface area contributed by atoms with Crippen molar-refractivity contribution in [2.75, 3.05) is 11.9 Å². The van der Waals surface area contributed by atoms with E-state index >= 15 is 0 Å². The predicted molar refractivity (Wildman–Crippen MR) is 110 cm³/mol. The summed E-state index contributed by atoms with van der Waals surface area (Å²) in [4.78, 5) is 21.1. The SMILES string of the molecule is CCc1ccccc1N(C)C(=O)c1cc2cc3cc(C)ccc3nc2s1.